The maximum absolute atomic E-state index is 5.65. The van der Waals surface area contributed by atoms with Crippen LogP contribution in [0.5, 0.6) is 0 Å². The predicted molar refractivity (Wildman–Crippen MR) is 67.3 cm³/mol. The van der Waals surface area contributed by atoms with E-state index in [0.29, 0.717) is 11.5 Å². The van der Waals surface area contributed by atoms with E-state index in [0.717, 1.165) is 19.7 Å². The van der Waals surface area contributed by atoms with Crippen LogP contribution < -0.4 is 5.32 Å². The first-order chi connectivity index (χ1) is 6.95. The molecule has 0 fully saturated rings. The van der Waals surface area contributed by atoms with Gasteiger partial charge < -0.3 is 10.1 Å². The lowest BCUT2D eigenvalue weighted by molar-refractivity contribution is 0.0615. The zero-order valence-corrected chi connectivity index (χ0v) is 11.2. The molecular weight excluding hydrogens is 186 g/mol. The first-order valence-electron chi connectivity index (χ1n) is 6.28. The van der Waals surface area contributed by atoms with Crippen LogP contribution in [0.1, 0.15) is 53.9 Å². The van der Waals surface area contributed by atoms with Crippen molar-refractivity contribution in [1.29, 1.82) is 0 Å². The third-order valence-corrected chi connectivity index (χ3v) is 2.43. The highest BCUT2D eigenvalue weighted by molar-refractivity contribution is 4.62. The molecule has 0 aromatic carbocycles. The summed E-state index contributed by atoms with van der Waals surface area (Å²) in [5, 5.41) is 3.41. The Labute approximate surface area is 95.8 Å². The van der Waals surface area contributed by atoms with E-state index in [4.69, 9.17) is 4.74 Å². The van der Waals surface area contributed by atoms with Gasteiger partial charge in [-0.1, -0.05) is 34.1 Å². The van der Waals surface area contributed by atoms with Gasteiger partial charge in [0.1, 0.15) is 0 Å². The minimum atomic E-state index is 0.416. The average Bonchev–Trinajstić information content (AvgIpc) is 2.09. The van der Waals surface area contributed by atoms with Crippen LogP contribution in [0, 0.1) is 5.41 Å². The fourth-order valence-electron chi connectivity index (χ4n) is 1.41. The van der Waals surface area contributed by atoms with Gasteiger partial charge in [-0.2, -0.15) is 0 Å². The lowest BCUT2D eigenvalue weighted by Gasteiger charge is -2.18. The van der Waals surface area contributed by atoms with Gasteiger partial charge in [-0.05, 0) is 31.7 Å². The van der Waals surface area contributed by atoms with Crippen molar-refractivity contribution in [3.8, 4) is 0 Å². The van der Waals surface area contributed by atoms with Crippen LogP contribution in [-0.2, 0) is 4.74 Å². The number of rotatable bonds is 8. The summed E-state index contributed by atoms with van der Waals surface area (Å²) in [5.41, 5.74) is 0.434. The molecule has 2 heteroatoms. The Kier molecular flexibility index (Phi) is 8.07. The molecule has 0 saturated heterocycles. The summed E-state index contributed by atoms with van der Waals surface area (Å²) in [7, 11) is 0. The Hall–Kier alpha value is -0.0800. The Morgan fingerprint density at radius 1 is 1.20 bits per heavy atom. The quantitative estimate of drug-likeness (QED) is 0.628. The minimum absolute atomic E-state index is 0.416. The van der Waals surface area contributed by atoms with Gasteiger partial charge in [-0.25, -0.2) is 0 Å². The molecule has 0 rings (SSSR count). The van der Waals surface area contributed by atoms with Crippen molar-refractivity contribution >= 4 is 0 Å². The van der Waals surface area contributed by atoms with E-state index in [9.17, 15) is 0 Å². The molecule has 1 unspecified atom stereocenters. The van der Waals surface area contributed by atoms with Crippen LogP contribution in [0.25, 0.3) is 0 Å². The van der Waals surface area contributed by atoms with Crippen LogP contribution in [0.2, 0.25) is 0 Å². The first kappa shape index (κ1) is 14.9. The van der Waals surface area contributed by atoms with Crippen molar-refractivity contribution in [2.45, 2.75) is 60.0 Å². The molecule has 0 aromatic rings. The summed E-state index contributed by atoms with van der Waals surface area (Å²) in [4.78, 5) is 0. The summed E-state index contributed by atoms with van der Waals surface area (Å²) in [5.74, 6) is 0. The zero-order valence-electron chi connectivity index (χ0n) is 11.2. The third kappa shape index (κ3) is 11.8. The summed E-state index contributed by atoms with van der Waals surface area (Å²) < 4.78 is 5.65. The van der Waals surface area contributed by atoms with Gasteiger partial charge in [0.15, 0.2) is 0 Å². The SMILES string of the molecule is CCCC(C)OCCNCCC(C)(C)C. The Bertz CT molecular complexity index is 140. The van der Waals surface area contributed by atoms with E-state index in [1.165, 1.54) is 19.3 Å². The lowest BCUT2D eigenvalue weighted by Crippen LogP contribution is -2.25. The number of hydrogen-bond acceptors (Lipinski definition) is 2. The van der Waals surface area contributed by atoms with Gasteiger partial charge in [0.2, 0.25) is 0 Å². The van der Waals surface area contributed by atoms with Crippen LogP contribution >= 0.6 is 0 Å². The van der Waals surface area contributed by atoms with Crippen LogP contribution in [0.15, 0.2) is 0 Å². The van der Waals surface area contributed by atoms with Crippen molar-refractivity contribution in [1.82, 2.24) is 5.32 Å². The normalized spacial score (nSPS) is 14.2. The molecule has 0 aliphatic carbocycles. The topological polar surface area (TPSA) is 21.3 Å². The second-order valence-electron chi connectivity index (χ2n) is 5.53. The van der Waals surface area contributed by atoms with Crippen molar-refractivity contribution in [2.75, 3.05) is 19.7 Å². The molecule has 0 radical (unpaired) electrons. The summed E-state index contributed by atoms with van der Waals surface area (Å²) >= 11 is 0. The first-order valence-corrected chi connectivity index (χ1v) is 6.28. The molecule has 0 aliphatic heterocycles. The highest BCUT2D eigenvalue weighted by Gasteiger charge is 2.08. The largest absolute Gasteiger partial charge is 0.377 e. The Balaban J connectivity index is 3.18. The van der Waals surface area contributed by atoms with Gasteiger partial charge in [0, 0.05) is 6.54 Å². The highest BCUT2D eigenvalue weighted by atomic mass is 16.5. The van der Waals surface area contributed by atoms with Crippen molar-refractivity contribution in [3.63, 3.8) is 0 Å². The molecule has 0 heterocycles. The van der Waals surface area contributed by atoms with Gasteiger partial charge in [-0.3, -0.25) is 0 Å². The zero-order chi connectivity index (χ0) is 11.7. The highest BCUT2D eigenvalue weighted by Crippen LogP contribution is 2.16. The lowest BCUT2D eigenvalue weighted by atomic mass is 9.92. The average molecular weight is 215 g/mol. The Morgan fingerprint density at radius 3 is 2.40 bits per heavy atom. The molecule has 1 N–H and O–H groups in total. The number of hydrogen-bond donors (Lipinski definition) is 1. The summed E-state index contributed by atoms with van der Waals surface area (Å²) in [6.07, 6.45) is 4.01. The molecule has 0 amide bonds. The van der Waals surface area contributed by atoms with Crippen molar-refractivity contribution in [3.05, 3.63) is 0 Å². The third-order valence-electron chi connectivity index (χ3n) is 2.43. The van der Waals surface area contributed by atoms with Crippen LogP contribution in [0.3, 0.4) is 0 Å². The predicted octanol–water partition coefficient (Wildman–Crippen LogP) is 3.22. The second kappa shape index (κ2) is 8.12. The van der Waals surface area contributed by atoms with Crippen LogP contribution in [0.4, 0.5) is 0 Å². The Morgan fingerprint density at radius 2 is 1.87 bits per heavy atom. The molecule has 2 nitrogen and oxygen atoms in total. The van der Waals surface area contributed by atoms with Gasteiger partial charge in [0.25, 0.3) is 0 Å². The molecule has 92 valence electrons. The van der Waals surface area contributed by atoms with E-state index in [1.807, 2.05) is 0 Å². The van der Waals surface area contributed by atoms with Gasteiger partial charge in [-0.15, -0.1) is 0 Å². The molecule has 15 heavy (non-hydrogen) atoms. The van der Waals surface area contributed by atoms with E-state index in [1.54, 1.807) is 0 Å². The standard InChI is InChI=1S/C13H29NO/c1-6-7-12(2)15-11-10-14-9-8-13(3,4)5/h12,14H,6-11H2,1-5H3. The monoisotopic (exact) mass is 215 g/mol. The number of ether oxygens (including phenoxy) is 1. The van der Waals surface area contributed by atoms with E-state index in [-0.39, 0.29) is 0 Å². The molecule has 0 spiro atoms. The molecular formula is C13H29NO. The van der Waals surface area contributed by atoms with Crippen LogP contribution in [-0.4, -0.2) is 25.8 Å². The van der Waals surface area contributed by atoms with Crippen molar-refractivity contribution in [2.24, 2.45) is 5.41 Å². The van der Waals surface area contributed by atoms with Gasteiger partial charge >= 0.3 is 0 Å². The molecule has 0 aliphatic rings. The smallest absolute Gasteiger partial charge is 0.0594 e. The van der Waals surface area contributed by atoms with Gasteiger partial charge in [0.05, 0.1) is 12.7 Å². The maximum atomic E-state index is 5.65. The van der Waals surface area contributed by atoms with E-state index < -0.39 is 0 Å². The second-order valence-corrected chi connectivity index (χ2v) is 5.53. The van der Waals surface area contributed by atoms with E-state index >= 15 is 0 Å². The maximum Gasteiger partial charge on any atom is 0.0594 e. The summed E-state index contributed by atoms with van der Waals surface area (Å²) in [6.45, 7) is 14.1. The summed E-state index contributed by atoms with van der Waals surface area (Å²) in [6, 6.07) is 0. The fourth-order valence-corrected chi connectivity index (χ4v) is 1.41. The molecule has 0 aromatic heterocycles. The molecule has 0 bridgehead atoms. The molecule has 1 atom stereocenters. The molecule has 0 saturated carbocycles. The fraction of sp³-hybridized carbons (Fsp3) is 1.00. The van der Waals surface area contributed by atoms with E-state index in [2.05, 4.69) is 39.9 Å². The number of nitrogens with one attached hydrogen (secondary N) is 1. The van der Waals surface area contributed by atoms with Crippen molar-refractivity contribution < 1.29 is 4.74 Å². The minimum Gasteiger partial charge on any atom is -0.377 e.